The molecule has 0 amide bonds. The summed E-state index contributed by atoms with van der Waals surface area (Å²) in [5, 5.41) is 0. The molecule has 0 aliphatic heterocycles. The first-order valence-electron chi connectivity index (χ1n) is 35.3. The number of rotatable bonds is 66. The number of hydrogen-bond donors (Lipinski definition) is 0. The predicted molar refractivity (Wildman–Crippen MR) is 340 cm³/mol. The van der Waals surface area contributed by atoms with Crippen LogP contribution in [-0.4, -0.2) is 37.2 Å². The Bertz CT molecular complexity index is 1260. The Labute approximate surface area is 487 Å². The van der Waals surface area contributed by atoms with E-state index in [0.29, 0.717) is 19.3 Å². The molecule has 0 radical (unpaired) electrons. The van der Waals surface area contributed by atoms with Crippen molar-refractivity contribution >= 4 is 17.9 Å². The van der Waals surface area contributed by atoms with Crippen molar-refractivity contribution in [2.45, 2.75) is 406 Å². The molecule has 0 aromatic rings. The van der Waals surface area contributed by atoms with Crippen molar-refractivity contribution in [2.24, 2.45) is 0 Å². The second-order valence-electron chi connectivity index (χ2n) is 24.1. The predicted octanol–water partition coefficient (Wildman–Crippen LogP) is 24.2. The molecule has 0 aromatic heterocycles. The average Bonchev–Trinajstić information content (AvgIpc) is 3.44. The zero-order chi connectivity index (χ0) is 56.4. The van der Waals surface area contributed by atoms with Crippen LogP contribution in [0.15, 0.2) is 24.3 Å². The lowest BCUT2D eigenvalue weighted by Gasteiger charge is -2.18. The molecule has 78 heavy (non-hydrogen) atoms. The van der Waals surface area contributed by atoms with E-state index in [4.69, 9.17) is 14.2 Å². The maximum atomic E-state index is 12.9. The van der Waals surface area contributed by atoms with Gasteiger partial charge < -0.3 is 14.2 Å². The first-order valence-corrected chi connectivity index (χ1v) is 35.3. The lowest BCUT2D eigenvalue weighted by atomic mass is 10.0. The summed E-state index contributed by atoms with van der Waals surface area (Å²) in [7, 11) is 0. The zero-order valence-electron chi connectivity index (χ0n) is 53.0. The number of carbonyl (C=O) groups excluding carboxylic acids is 3. The molecule has 0 saturated heterocycles. The van der Waals surface area contributed by atoms with Crippen molar-refractivity contribution in [1.82, 2.24) is 0 Å². The molecule has 6 heteroatoms. The van der Waals surface area contributed by atoms with E-state index in [1.165, 1.54) is 302 Å². The topological polar surface area (TPSA) is 78.9 Å². The number of allylic oxidation sites excluding steroid dienone is 4. The molecule has 0 aliphatic carbocycles. The Balaban J connectivity index is 3.95. The van der Waals surface area contributed by atoms with Crippen molar-refractivity contribution in [3.8, 4) is 0 Å². The molecular weight excluding hydrogens is 961 g/mol. The fourth-order valence-electron chi connectivity index (χ4n) is 10.8. The number of hydrogen-bond acceptors (Lipinski definition) is 6. The van der Waals surface area contributed by atoms with E-state index in [0.717, 1.165) is 57.8 Å². The Kier molecular flexibility index (Phi) is 65.6. The summed E-state index contributed by atoms with van der Waals surface area (Å²) in [4.78, 5) is 38.1. The molecule has 460 valence electrons. The third-order valence-electron chi connectivity index (χ3n) is 16.2. The minimum Gasteiger partial charge on any atom is -0.462 e. The lowest BCUT2D eigenvalue weighted by Crippen LogP contribution is -2.30. The van der Waals surface area contributed by atoms with Gasteiger partial charge in [-0.15, -0.1) is 0 Å². The minimum atomic E-state index is -0.766. The van der Waals surface area contributed by atoms with Gasteiger partial charge in [-0.2, -0.15) is 0 Å². The molecule has 6 nitrogen and oxygen atoms in total. The van der Waals surface area contributed by atoms with Crippen LogP contribution in [0, 0.1) is 0 Å². The Morgan fingerprint density at radius 1 is 0.244 bits per heavy atom. The van der Waals surface area contributed by atoms with E-state index >= 15 is 0 Å². The largest absolute Gasteiger partial charge is 0.462 e. The van der Waals surface area contributed by atoms with E-state index in [1.807, 2.05) is 0 Å². The van der Waals surface area contributed by atoms with E-state index in [1.54, 1.807) is 0 Å². The number of carbonyl (C=O) groups is 3. The van der Waals surface area contributed by atoms with E-state index < -0.39 is 6.10 Å². The van der Waals surface area contributed by atoms with Crippen LogP contribution in [0.2, 0.25) is 0 Å². The van der Waals surface area contributed by atoms with E-state index in [9.17, 15) is 14.4 Å². The van der Waals surface area contributed by atoms with Gasteiger partial charge in [0.2, 0.25) is 0 Å². The van der Waals surface area contributed by atoms with Gasteiger partial charge in [-0.1, -0.05) is 334 Å². The molecule has 0 bridgehead atoms. The maximum absolute atomic E-state index is 12.9. The fourth-order valence-corrected chi connectivity index (χ4v) is 10.8. The highest BCUT2D eigenvalue weighted by Crippen LogP contribution is 2.18. The third-order valence-corrected chi connectivity index (χ3v) is 16.2. The van der Waals surface area contributed by atoms with E-state index in [-0.39, 0.29) is 31.1 Å². The minimum absolute atomic E-state index is 0.0661. The summed E-state index contributed by atoms with van der Waals surface area (Å²) in [6, 6.07) is 0. The van der Waals surface area contributed by atoms with Gasteiger partial charge in [-0.05, 0) is 70.6 Å². The molecule has 0 saturated carbocycles. The Morgan fingerprint density at radius 2 is 0.423 bits per heavy atom. The monoisotopic (exact) mass is 1100 g/mol. The van der Waals surface area contributed by atoms with Crippen molar-refractivity contribution < 1.29 is 28.6 Å². The quantitative estimate of drug-likeness (QED) is 0.0261. The molecule has 0 rings (SSSR count). The second-order valence-corrected chi connectivity index (χ2v) is 24.1. The van der Waals surface area contributed by atoms with Crippen molar-refractivity contribution in [3.63, 3.8) is 0 Å². The highest BCUT2D eigenvalue weighted by molar-refractivity contribution is 5.71. The van der Waals surface area contributed by atoms with Gasteiger partial charge in [-0.25, -0.2) is 0 Å². The molecular formula is C72H136O6. The standard InChI is InChI=1S/C72H136O6/c1-4-7-10-13-16-18-20-22-24-26-28-30-32-33-34-35-36-37-38-39-41-42-44-46-48-50-52-54-56-59-62-65-71(74)77-68-69(67-76-70(73)64-61-58-15-12-9-6-3)78-72(75)66-63-60-57-55-53-51-49-47-45-43-40-31-29-27-25-23-21-19-17-14-11-8-5-2/h26-29,69H,4-25,30-68H2,1-3H3/b28-26-,29-27-. The Hall–Kier alpha value is -2.11. The molecule has 0 heterocycles. The van der Waals surface area contributed by atoms with E-state index in [2.05, 4.69) is 45.1 Å². The smallest absolute Gasteiger partial charge is 0.306 e. The summed E-state index contributed by atoms with van der Waals surface area (Å²) in [6.45, 7) is 6.65. The van der Waals surface area contributed by atoms with Crippen LogP contribution in [0.5, 0.6) is 0 Å². The fraction of sp³-hybridized carbons (Fsp3) is 0.903. The Morgan fingerprint density at radius 3 is 0.641 bits per heavy atom. The maximum Gasteiger partial charge on any atom is 0.306 e. The van der Waals surface area contributed by atoms with Crippen molar-refractivity contribution in [1.29, 1.82) is 0 Å². The second kappa shape index (κ2) is 67.4. The van der Waals surface area contributed by atoms with Crippen molar-refractivity contribution in [2.75, 3.05) is 13.2 Å². The molecule has 1 atom stereocenters. The molecule has 0 spiro atoms. The summed E-state index contributed by atoms with van der Waals surface area (Å²) < 4.78 is 16.9. The molecule has 1 unspecified atom stereocenters. The van der Waals surface area contributed by atoms with Gasteiger partial charge in [0.15, 0.2) is 6.10 Å². The summed E-state index contributed by atoms with van der Waals surface area (Å²) in [5.41, 5.74) is 0. The van der Waals surface area contributed by atoms with Crippen LogP contribution in [0.3, 0.4) is 0 Å². The van der Waals surface area contributed by atoms with Crippen LogP contribution in [-0.2, 0) is 28.6 Å². The summed E-state index contributed by atoms with van der Waals surface area (Å²) in [6.07, 6.45) is 82.6. The van der Waals surface area contributed by atoms with Crippen molar-refractivity contribution in [3.05, 3.63) is 24.3 Å². The number of ether oxygens (including phenoxy) is 3. The van der Waals surface area contributed by atoms with Gasteiger partial charge in [0.1, 0.15) is 13.2 Å². The van der Waals surface area contributed by atoms with Gasteiger partial charge in [-0.3, -0.25) is 14.4 Å². The van der Waals surface area contributed by atoms with Crippen LogP contribution in [0.25, 0.3) is 0 Å². The van der Waals surface area contributed by atoms with Crippen LogP contribution in [0.4, 0.5) is 0 Å². The average molecular weight is 1100 g/mol. The summed E-state index contributed by atoms with van der Waals surface area (Å²) >= 11 is 0. The van der Waals surface area contributed by atoms with Crippen LogP contribution < -0.4 is 0 Å². The SMILES string of the molecule is CCCCCCCCCC/C=C\CCCCCCCCCCCCCCCCCCCCCC(=O)OCC(COC(=O)CCCCCCCC)OC(=O)CCCCCCCCCCCCC/C=C\CCCCCCCCCC. The van der Waals surface area contributed by atoms with Crippen LogP contribution >= 0.6 is 0 Å². The molecule has 0 aromatic carbocycles. The molecule has 0 N–H and O–H groups in total. The van der Waals surface area contributed by atoms with Gasteiger partial charge >= 0.3 is 17.9 Å². The first kappa shape index (κ1) is 75.9. The van der Waals surface area contributed by atoms with Crippen LogP contribution in [0.1, 0.15) is 400 Å². The normalized spacial score (nSPS) is 12.1. The van der Waals surface area contributed by atoms with Gasteiger partial charge in [0, 0.05) is 19.3 Å². The number of esters is 3. The molecule has 0 fully saturated rings. The van der Waals surface area contributed by atoms with Gasteiger partial charge in [0.05, 0.1) is 0 Å². The lowest BCUT2D eigenvalue weighted by molar-refractivity contribution is -0.167. The summed E-state index contributed by atoms with van der Waals surface area (Å²) in [5.74, 6) is -0.850. The zero-order valence-corrected chi connectivity index (χ0v) is 53.0. The van der Waals surface area contributed by atoms with Gasteiger partial charge in [0.25, 0.3) is 0 Å². The highest BCUT2D eigenvalue weighted by atomic mass is 16.6. The molecule has 0 aliphatic rings. The first-order chi connectivity index (χ1) is 38.5. The number of unbranched alkanes of at least 4 members (excludes halogenated alkanes) is 51. The third kappa shape index (κ3) is 64.7. The highest BCUT2D eigenvalue weighted by Gasteiger charge is 2.19.